The van der Waals surface area contributed by atoms with Crippen LogP contribution in [0.2, 0.25) is 0 Å². The Bertz CT molecular complexity index is 660. The number of halogens is 1. The van der Waals surface area contributed by atoms with Gasteiger partial charge in [0.25, 0.3) is 0 Å². The number of rotatable bonds is 4. The first-order valence-electron chi connectivity index (χ1n) is 6.40. The molecular formula is C13H15FN2O4S. The zero-order valence-electron chi connectivity index (χ0n) is 11.1. The van der Waals surface area contributed by atoms with Gasteiger partial charge in [-0.3, -0.25) is 9.59 Å². The average molecular weight is 314 g/mol. The third-order valence-corrected chi connectivity index (χ3v) is 4.83. The monoisotopic (exact) mass is 314 g/mol. The van der Waals surface area contributed by atoms with Crippen LogP contribution in [0.25, 0.3) is 0 Å². The van der Waals surface area contributed by atoms with Crippen molar-refractivity contribution in [2.24, 2.45) is 0 Å². The second kappa shape index (κ2) is 6.21. The van der Waals surface area contributed by atoms with Crippen molar-refractivity contribution in [3.8, 4) is 0 Å². The Morgan fingerprint density at radius 1 is 1.24 bits per heavy atom. The van der Waals surface area contributed by atoms with E-state index in [0.717, 1.165) is 0 Å². The van der Waals surface area contributed by atoms with Crippen LogP contribution in [0, 0.1) is 5.82 Å². The lowest BCUT2D eigenvalue weighted by molar-refractivity contribution is -0.127. The second-order valence-corrected chi connectivity index (χ2v) is 7.10. The van der Waals surface area contributed by atoms with E-state index in [9.17, 15) is 22.4 Å². The molecular weight excluding hydrogens is 299 g/mol. The molecule has 21 heavy (non-hydrogen) atoms. The van der Waals surface area contributed by atoms with Gasteiger partial charge in [0.2, 0.25) is 11.8 Å². The lowest BCUT2D eigenvalue weighted by Gasteiger charge is -2.11. The maximum Gasteiger partial charge on any atom is 0.233 e. The number of benzene rings is 1. The number of carbonyl (C=O) groups excluding carboxylic acids is 2. The number of carbonyl (C=O) groups is 2. The van der Waals surface area contributed by atoms with Crippen molar-refractivity contribution < 1.29 is 22.4 Å². The number of anilines is 1. The fraction of sp³-hybridized carbons (Fsp3) is 0.385. The second-order valence-electron chi connectivity index (χ2n) is 4.87. The molecule has 8 heteroatoms. The number of hydrogen-bond acceptors (Lipinski definition) is 4. The van der Waals surface area contributed by atoms with Gasteiger partial charge in [-0.05, 0) is 18.6 Å². The summed E-state index contributed by atoms with van der Waals surface area (Å²) < 4.78 is 35.8. The van der Waals surface area contributed by atoms with Crippen LogP contribution >= 0.6 is 0 Å². The van der Waals surface area contributed by atoms with Crippen molar-refractivity contribution in [1.29, 1.82) is 0 Å². The van der Waals surface area contributed by atoms with Crippen LogP contribution in [0.4, 0.5) is 10.1 Å². The Morgan fingerprint density at radius 2 is 1.95 bits per heavy atom. The third kappa shape index (κ3) is 4.52. The standard InChI is InChI=1S/C13H15FN2O4S/c14-10-3-1-2-4-11(10)16-13(18)7-12(17)15-9-5-6-21(19,20)8-9/h1-4,9H,5-8H2,(H,15,17)(H,16,18). The molecule has 1 fully saturated rings. The molecule has 1 saturated heterocycles. The molecule has 0 spiro atoms. The minimum absolute atomic E-state index is 0.00116. The summed E-state index contributed by atoms with van der Waals surface area (Å²) in [6, 6.07) is 5.16. The van der Waals surface area contributed by atoms with Crippen molar-refractivity contribution in [2.75, 3.05) is 16.8 Å². The molecule has 1 aliphatic heterocycles. The zero-order valence-corrected chi connectivity index (χ0v) is 12.0. The van der Waals surface area contributed by atoms with Crippen molar-refractivity contribution in [3.05, 3.63) is 30.1 Å². The van der Waals surface area contributed by atoms with Crippen LogP contribution in [0.3, 0.4) is 0 Å². The van der Waals surface area contributed by atoms with Crippen LogP contribution < -0.4 is 10.6 Å². The summed E-state index contributed by atoms with van der Waals surface area (Å²) in [5.74, 6) is -1.88. The van der Waals surface area contributed by atoms with Crippen LogP contribution in [0.1, 0.15) is 12.8 Å². The normalized spacial score (nSPS) is 20.0. The van der Waals surface area contributed by atoms with Gasteiger partial charge in [-0.15, -0.1) is 0 Å². The van der Waals surface area contributed by atoms with Crippen molar-refractivity contribution in [3.63, 3.8) is 0 Å². The number of sulfone groups is 1. The summed E-state index contributed by atoms with van der Waals surface area (Å²) in [5.41, 5.74) is -0.00116. The summed E-state index contributed by atoms with van der Waals surface area (Å²) in [5, 5.41) is 4.78. The summed E-state index contributed by atoms with van der Waals surface area (Å²) in [6.07, 6.45) is -0.131. The summed E-state index contributed by atoms with van der Waals surface area (Å²) in [7, 11) is -3.09. The minimum atomic E-state index is -3.09. The molecule has 1 aromatic carbocycles. The minimum Gasteiger partial charge on any atom is -0.352 e. The van der Waals surface area contributed by atoms with E-state index < -0.39 is 39.9 Å². The highest BCUT2D eigenvalue weighted by molar-refractivity contribution is 7.91. The molecule has 1 aromatic rings. The Morgan fingerprint density at radius 3 is 2.57 bits per heavy atom. The van der Waals surface area contributed by atoms with Gasteiger partial charge in [0.15, 0.2) is 9.84 Å². The maximum absolute atomic E-state index is 13.3. The quantitative estimate of drug-likeness (QED) is 0.790. The molecule has 0 radical (unpaired) electrons. The van der Waals surface area contributed by atoms with Crippen molar-refractivity contribution in [2.45, 2.75) is 18.9 Å². The molecule has 2 amide bonds. The number of nitrogens with one attached hydrogen (secondary N) is 2. The fourth-order valence-electron chi connectivity index (χ4n) is 2.09. The summed E-state index contributed by atoms with van der Waals surface area (Å²) in [4.78, 5) is 23.3. The van der Waals surface area contributed by atoms with Crippen molar-refractivity contribution >= 4 is 27.3 Å². The lowest BCUT2D eigenvalue weighted by atomic mass is 10.2. The molecule has 1 heterocycles. The Balaban J connectivity index is 1.83. The van der Waals surface area contributed by atoms with Gasteiger partial charge in [0.1, 0.15) is 12.2 Å². The van der Waals surface area contributed by atoms with E-state index >= 15 is 0 Å². The zero-order chi connectivity index (χ0) is 15.5. The number of hydrogen-bond donors (Lipinski definition) is 2. The fourth-order valence-corrected chi connectivity index (χ4v) is 3.76. The van der Waals surface area contributed by atoms with E-state index in [-0.39, 0.29) is 17.2 Å². The van der Waals surface area contributed by atoms with E-state index in [2.05, 4.69) is 10.6 Å². The first-order valence-corrected chi connectivity index (χ1v) is 8.22. The number of para-hydroxylation sites is 1. The van der Waals surface area contributed by atoms with E-state index in [1.807, 2.05) is 0 Å². The van der Waals surface area contributed by atoms with Crippen LogP contribution in [0.5, 0.6) is 0 Å². The highest BCUT2D eigenvalue weighted by Gasteiger charge is 2.29. The molecule has 0 aromatic heterocycles. The van der Waals surface area contributed by atoms with Crippen molar-refractivity contribution in [1.82, 2.24) is 5.32 Å². The molecule has 2 N–H and O–H groups in total. The average Bonchev–Trinajstić information content (AvgIpc) is 2.71. The predicted molar refractivity (Wildman–Crippen MR) is 74.8 cm³/mol. The molecule has 2 rings (SSSR count). The van der Waals surface area contributed by atoms with E-state index in [1.165, 1.54) is 18.2 Å². The maximum atomic E-state index is 13.3. The molecule has 0 saturated carbocycles. The largest absolute Gasteiger partial charge is 0.352 e. The highest BCUT2D eigenvalue weighted by atomic mass is 32.2. The highest BCUT2D eigenvalue weighted by Crippen LogP contribution is 2.13. The Labute approximate surface area is 121 Å². The smallest absolute Gasteiger partial charge is 0.233 e. The summed E-state index contributed by atoms with van der Waals surface area (Å²) >= 11 is 0. The Hall–Kier alpha value is -1.96. The van der Waals surface area contributed by atoms with Crippen LogP contribution in [0.15, 0.2) is 24.3 Å². The first kappa shape index (κ1) is 15.4. The molecule has 0 aliphatic carbocycles. The lowest BCUT2D eigenvalue weighted by Crippen LogP contribution is -2.37. The molecule has 114 valence electrons. The van der Waals surface area contributed by atoms with Gasteiger partial charge < -0.3 is 10.6 Å². The van der Waals surface area contributed by atoms with Crippen LogP contribution in [-0.4, -0.2) is 37.8 Å². The van der Waals surface area contributed by atoms with Gasteiger partial charge in [-0.2, -0.15) is 0 Å². The van der Waals surface area contributed by atoms with Gasteiger partial charge in [-0.25, -0.2) is 12.8 Å². The summed E-state index contributed by atoms with van der Waals surface area (Å²) in [6.45, 7) is 0. The number of amides is 2. The SMILES string of the molecule is O=C(CC(=O)NC1CCS(=O)(=O)C1)Nc1ccccc1F. The molecule has 1 atom stereocenters. The molecule has 6 nitrogen and oxygen atoms in total. The third-order valence-electron chi connectivity index (χ3n) is 3.07. The first-order chi connectivity index (χ1) is 9.85. The van der Waals surface area contributed by atoms with E-state index in [1.54, 1.807) is 6.07 Å². The predicted octanol–water partition coefficient (Wildman–Crippen LogP) is 0.458. The van der Waals surface area contributed by atoms with E-state index in [4.69, 9.17) is 0 Å². The van der Waals surface area contributed by atoms with Gasteiger partial charge >= 0.3 is 0 Å². The van der Waals surface area contributed by atoms with E-state index in [0.29, 0.717) is 6.42 Å². The topological polar surface area (TPSA) is 92.3 Å². The van der Waals surface area contributed by atoms with Gasteiger partial charge in [-0.1, -0.05) is 12.1 Å². The molecule has 0 bridgehead atoms. The van der Waals surface area contributed by atoms with Crippen LogP contribution in [-0.2, 0) is 19.4 Å². The van der Waals surface area contributed by atoms with Gasteiger partial charge in [0, 0.05) is 6.04 Å². The van der Waals surface area contributed by atoms with Gasteiger partial charge in [0.05, 0.1) is 17.2 Å². The Kier molecular flexibility index (Phi) is 4.56. The molecule has 1 unspecified atom stereocenters. The molecule has 1 aliphatic rings.